The van der Waals surface area contributed by atoms with Crippen molar-refractivity contribution in [2.75, 3.05) is 25.5 Å². The average molecular weight is 411 g/mol. The molecule has 1 aromatic heterocycles. The van der Waals surface area contributed by atoms with Gasteiger partial charge in [-0.2, -0.15) is 0 Å². The van der Waals surface area contributed by atoms with E-state index in [0.717, 1.165) is 25.1 Å². The Morgan fingerprint density at radius 2 is 1.90 bits per heavy atom. The van der Waals surface area contributed by atoms with E-state index in [9.17, 15) is 9.59 Å². The van der Waals surface area contributed by atoms with Crippen molar-refractivity contribution in [3.05, 3.63) is 47.5 Å². The number of aryl methyl sites for hydroxylation is 1. The first-order chi connectivity index (χ1) is 14.2. The molecule has 3 rings (SSSR count). The smallest absolute Gasteiger partial charge is 0.259 e. The second-order valence-electron chi connectivity index (χ2n) is 8.75. The zero-order valence-corrected chi connectivity index (χ0v) is 18.4. The predicted octanol–water partition coefficient (Wildman–Crippen LogP) is 3.80. The minimum absolute atomic E-state index is 0.0856. The van der Waals surface area contributed by atoms with Gasteiger partial charge in [0, 0.05) is 36.3 Å². The standard InChI is InChI=1S/C23H30N4O3/c1-15-19(21(28)26-17-8-10-18(30-5)11-9-17)13-24-20(25-15)16-7-6-12-27(14-16)22(29)23(2,3)4/h8-11,13,16H,6-7,12,14H2,1-5H3,(H,26,28)/t16-/m0/s1. The fourth-order valence-corrected chi connectivity index (χ4v) is 3.62. The Kier molecular flexibility index (Phi) is 6.39. The van der Waals surface area contributed by atoms with Crippen molar-refractivity contribution in [1.29, 1.82) is 0 Å². The van der Waals surface area contributed by atoms with Crippen LogP contribution in [0.1, 0.15) is 61.4 Å². The lowest BCUT2D eigenvalue weighted by Gasteiger charge is -2.36. The van der Waals surface area contributed by atoms with Gasteiger partial charge in [0.1, 0.15) is 11.6 Å². The lowest BCUT2D eigenvalue weighted by atomic mass is 9.91. The Morgan fingerprint density at radius 1 is 1.20 bits per heavy atom. The molecule has 7 heteroatoms. The van der Waals surface area contributed by atoms with Crippen molar-refractivity contribution < 1.29 is 14.3 Å². The zero-order valence-electron chi connectivity index (χ0n) is 18.4. The summed E-state index contributed by atoms with van der Waals surface area (Å²) in [6.45, 7) is 9.03. The summed E-state index contributed by atoms with van der Waals surface area (Å²) in [5, 5.41) is 2.86. The minimum Gasteiger partial charge on any atom is -0.497 e. The van der Waals surface area contributed by atoms with E-state index in [1.54, 1.807) is 37.6 Å². The number of aromatic nitrogens is 2. The number of likely N-dealkylation sites (tertiary alicyclic amines) is 1. The molecule has 2 amide bonds. The van der Waals surface area contributed by atoms with Gasteiger partial charge < -0.3 is 15.0 Å². The van der Waals surface area contributed by atoms with E-state index < -0.39 is 5.41 Å². The molecule has 0 spiro atoms. The summed E-state index contributed by atoms with van der Waals surface area (Å²) in [7, 11) is 1.60. The Balaban J connectivity index is 1.71. The number of carbonyl (C=O) groups is 2. The molecule has 2 aromatic rings. The van der Waals surface area contributed by atoms with E-state index in [2.05, 4.69) is 15.3 Å². The molecule has 2 heterocycles. The van der Waals surface area contributed by atoms with E-state index >= 15 is 0 Å². The number of nitrogens with zero attached hydrogens (tertiary/aromatic N) is 3. The quantitative estimate of drug-likeness (QED) is 0.829. The molecule has 0 unspecified atom stereocenters. The van der Waals surface area contributed by atoms with Crippen LogP contribution in [-0.4, -0.2) is 46.9 Å². The maximum absolute atomic E-state index is 12.7. The summed E-state index contributed by atoms with van der Waals surface area (Å²) in [6, 6.07) is 7.14. The van der Waals surface area contributed by atoms with E-state index in [1.807, 2.05) is 32.6 Å². The van der Waals surface area contributed by atoms with Gasteiger partial charge in [0.15, 0.2) is 0 Å². The molecule has 7 nitrogen and oxygen atoms in total. The lowest BCUT2D eigenvalue weighted by molar-refractivity contribution is -0.140. The molecular formula is C23H30N4O3. The van der Waals surface area contributed by atoms with Crippen LogP contribution in [0.25, 0.3) is 0 Å². The first-order valence-corrected chi connectivity index (χ1v) is 10.3. The zero-order chi connectivity index (χ0) is 21.9. The highest BCUT2D eigenvalue weighted by molar-refractivity contribution is 6.04. The number of hydrogen-bond donors (Lipinski definition) is 1. The van der Waals surface area contributed by atoms with Gasteiger partial charge >= 0.3 is 0 Å². The molecule has 30 heavy (non-hydrogen) atoms. The summed E-state index contributed by atoms with van der Waals surface area (Å²) in [6.07, 6.45) is 3.44. The number of ether oxygens (including phenoxy) is 1. The van der Waals surface area contributed by atoms with Gasteiger partial charge in [-0.1, -0.05) is 20.8 Å². The number of piperidine rings is 1. The third-order valence-corrected chi connectivity index (χ3v) is 5.31. The minimum atomic E-state index is -0.401. The van der Waals surface area contributed by atoms with Crippen molar-refractivity contribution in [2.24, 2.45) is 5.41 Å². The van der Waals surface area contributed by atoms with Crippen molar-refractivity contribution in [1.82, 2.24) is 14.9 Å². The first kappa shape index (κ1) is 21.7. The van der Waals surface area contributed by atoms with Crippen LogP contribution in [0.3, 0.4) is 0 Å². The molecule has 0 aliphatic carbocycles. The van der Waals surface area contributed by atoms with Crippen LogP contribution in [0.5, 0.6) is 5.75 Å². The largest absolute Gasteiger partial charge is 0.497 e. The van der Waals surface area contributed by atoms with Gasteiger partial charge in [-0.25, -0.2) is 9.97 Å². The number of nitrogens with one attached hydrogen (secondary N) is 1. The maximum Gasteiger partial charge on any atom is 0.259 e. The van der Waals surface area contributed by atoms with Crippen LogP contribution >= 0.6 is 0 Å². The van der Waals surface area contributed by atoms with Gasteiger partial charge in [0.25, 0.3) is 5.91 Å². The van der Waals surface area contributed by atoms with Crippen LogP contribution < -0.4 is 10.1 Å². The first-order valence-electron chi connectivity index (χ1n) is 10.3. The molecule has 160 valence electrons. The maximum atomic E-state index is 12.7. The third-order valence-electron chi connectivity index (χ3n) is 5.31. The number of anilines is 1. The van der Waals surface area contributed by atoms with Crippen LogP contribution in [0.4, 0.5) is 5.69 Å². The summed E-state index contributed by atoms with van der Waals surface area (Å²) < 4.78 is 5.13. The number of benzene rings is 1. The summed E-state index contributed by atoms with van der Waals surface area (Å²) in [4.78, 5) is 36.3. The molecule has 1 saturated heterocycles. The molecule has 0 saturated carbocycles. The predicted molar refractivity (Wildman–Crippen MR) is 116 cm³/mol. The van der Waals surface area contributed by atoms with E-state index in [-0.39, 0.29) is 17.7 Å². The molecule has 0 bridgehead atoms. The molecule has 0 radical (unpaired) electrons. The number of amides is 2. The fourth-order valence-electron chi connectivity index (χ4n) is 3.62. The summed E-state index contributed by atoms with van der Waals surface area (Å²) in [5.74, 6) is 1.41. The fraction of sp³-hybridized carbons (Fsp3) is 0.478. The van der Waals surface area contributed by atoms with Gasteiger partial charge in [0.05, 0.1) is 18.4 Å². The SMILES string of the molecule is COc1ccc(NC(=O)c2cnc([C@H]3CCCN(C(=O)C(C)(C)C)C3)nc2C)cc1. The summed E-state index contributed by atoms with van der Waals surface area (Å²) >= 11 is 0. The molecular weight excluding hydrogens is 380 g/mol. The normalized spacial score (nSPS) is 16.8. The lowest BCUT2D eigenvalue weighted by Crippen LogP contribution is -2.44. The monoisotopic (exact) mass is 410 g/mol. The average Bonchev–Trinajstić information content (AvgIpc) is 2.73. The van der Waals surface area contributed by atoms with Gasteiger partial charge in [-0.15, -0.1) is 0 Å². The number of methoxy groups -OCH3 is 1. The van der Waals surface area contributed by atoms with Crippen molar-refractivity contribution in [2.45, 2.75) is 46.5 Å². The van der Waals surface area contributed by atoms with E-state index in [0.29, 0.717) is 29.3 Å². The molecule has 1 fully saturated rings. The molecule has 1 atom stereocenters. The number of carbonyl (C=O) groups excluding carboxylic acids is 2. The molecule has 1 aromatic carbocycles. The van der Waals surface area contributed by atoms with Crippen molar-refractivity contribution >= 4 is 17.5 Å². The van der Waals surface area contributed by atoms with Gasteiger partial charge in [-0.3, -0.25) is 9.59 Å². The van der Waals surface area contributed by atoms with Crippen LogP contribution in [0.2, 0.25) is 0 Å². The third kappa shape index (κ3) is 4.96. The Labute approximate surface area is 177 Å². The van der Waals surface area contributed by atoms with E-state index in [4.69, 9.17) is 4.74 Å². The van der Waals surface area contributed by atoms with Crippen LogP contribution in [0, 0.1) is 12.3 Å². The number of rotatable bonds is 4. The van der Waals surface area contributed by atoms with Crippen molar-refractivity contribution in [3.8, 4) is 5.75 Å². The van der Waals surface area contributed by atoms with Gasteiger partial charge in [0.2, 0.25) is 5.91 Å². The second-order valence-corrected chi connectivity index (χ2v) is 8.75. The number of hydrogen-bond acceptors (Lipinski definition) is 5. The Bertz CT molecular complexity index is 919. The van der Waals surface area contributed by atoms with E-state index in [1.165, 1.54) is 0 Å². The van der Waals surface area contributed by atoms with Crippen molar-refractivity contribution in [3.63, 3.8) is 0 Å². The summed E-state index contributed by atoms with van der Waals surface area (Å²) in [5.41, 5.74) is 1.34. The molecule has 1 N–H and O–H groups in total. The highest BCUT2D eigenvalue weighted by Gasteiger charge is 2.32. The molecule has 1 aliphatic heterocycles. The van der Waals surface area contributed by atoms with Crippen LogP contribution in [0.15, 0.2) is 30.5 Å². The topological polar surface area (TPSA) is 84.4 Å². The Hall–Kier alpha value is -2.96. The van der Waals surface area contributed by atoms with Crippen LogP contribution in [-0.2, 0) is 4.79 Å². The highest BCUT2D eigenvalue weighted by Crippen LogP contribution is 2.28. The van der Waals surface area contributed by atoms with Gasteiger partial charge in [-0.05, 0) is 44.0 Å². The second kappa shape index (κ2) is 8.81. The Morgan fingerprint density at radius 3 is 2.50 bits per heavy atom. The highest BCUT2D eigenvalue weighted by atomic mass is 16.5. The molecule has 1 aliphatic rings.